The molecular formula is C33H27N2O3+. The van der Waals surface area contributed by atoms with E-state index in [2.05, 4.69) is 54.6 Å². The number of aryl methyl sites for hydroxylation is 3. The summed E-state index contributed by atoms with van der Waals surface area (Å²) in [6.45, 7) is 4.03. The van der Waals surface area contributed by atoms with Crippen LogP contribution in [-0.2, 0) is 17.3 Å². The van der Waals surface area contributed by atoms with Gasteiger partial charge in [-0.1, -0.05) is 59.2 Å². The van der Waals surface area contributed by atoms with Gasteiger partial charge in [-0.05, 0) is 78.9 Å². The number of para-hydroxylation sites is 1. The fourth-order valence-corrected chi connectivity index (χ4v) is 5.33. The van der Waals surface area contributed by atoms with Gasteiger partial charge >= 0.3 is 6.10 Å². The van der Waals surface area contributed by atoms with Crippen LogP contribution in [0.3, 0.4) is 0 Å². The SMILES string of the molecule is Cc1ccc2c(n1)C(O[C@]1(Oc3ccc(-c4ccccc4)cc3)Oc3cccc4ccc(C)[n+]1c34)=CCC2. The van der Waals surface area contributed by atoms with Crippen molar-refractivity contribution in [3.8, 4) is 22.6 Å². The fraction of sp³-hybridized carbons (Fsp3) is 0.152. The van der Waals surface area contributed by atoms with Gasteiger partial charge in [0.15, 0.2) is 11.5 Å². The van der Waals surface area contributed by atoms with Crippen LogP contribution in [0.4, 0.5) is 0 Å². The molecule has 0 spiro atoms. The van der Waals surface area contributed by atoms with Gasteiger partial charge in [-0.25, -0.2) is 4.98 Å². The van der Waals surface area contributed by atoms with Crippen molar-refractivity contribution in [3.05, 3.63) is 126 Å². The maximum atomic E-state index is 6.81. The van der Waals surface area contributed by atoms with E-state index >= 15 is 0 Å². The molecule has 3 aromatic carbocycles. The maximum absolute atomic E-state index is 6.81. The zero-order valence-electron chi connectivity index (χ0n) is 21.3. The first-order valence-corrected chi connectivity index (χ1v) is 12.9. The number of hydrogen-bond acceptors (Lipinski definition) is 4. The van der Waals surface area contributed by atoms with Crippen LogP contribution >= 0.6 is 0 Å². The Hall–Kier alpha value is -4.64. The lowest BCUT2D eigenvalue weighted by molar-refractivity contribution is -0.857. The number of rotatable bonds is 5. The lowest BCUT2D eigenvalue weighted by Gasteiger charge is -2.26. The summed E-state index contributed by atoms with van der Waals surface area (Å²) in [4.78, 5) is 4.83. The van der Waals surface area contributed by atoms with Crippen molar-refractivity contribution in [3.63, 3.8) is 0 Å². The summed E-state index contributed by atoms with van der Waals surface area (Å²) in [5.74, 6) is 2.00. The van der Waals surface area contributed by atoms with Crippen LogP contribution in [0.5, 0.6) is 11.5 Å². The Morgan fingerprint density at radius 1 is 0.789 bits per heavy atom. The molecule has 0 unspecified atom stereocenters. The lowest BCUT2D eigenvalue weighted by Crippen LogP contribution is -2.63. The highest BCUT2D eigenvalue weighted by molar-refractivity contribution is 5.82. The van der Waals surface area contributed by atoms with E-state index in [-0.39, 0.29) is 0 Å². The van der Waals surface area contributed by atoms with Crippen molar-refractivity contribution in [2.24, 2.45) is 0 Å². The number of nitrogens with zero attached hydrogens (tertiary/aromatic N) is 2. The molecule has 0 radical (unpaired) electrons. The molecule has 5 nitrogen and oxygen atoms in total. The molecule has 5 aromatic rings. The van der Waals surface area contributed by atoms with E-state index in [4.69, 9.17) is 19.2 Å². The average molecular weight is 500 g/mol. The topological polar surface area (TPSA) is 44.5 Å². The Labute approximate surface area is 221 Å². The van der Waals surface area contributed by atoms with Gasteiger partial charge in [0.1, 0.15) is 11.4 Å². The van der Waals surface area contributed by atoms with Crippen LogP contribution in [0, 0.1) is 13.8 Å². The molecule has 2 aliphatic rings. The lowest BCUT2D eigenvalue weighted by atomic mass is 10.0. The zero-order chi connectivity index (χ0) is 25.7. The summed E-state index contributed by atoms with van der Waals surface area (Å²) in [6.07, 6.45) is 2.29. The second kappa shape index (κ2) is 8.73. The summed E-state index contributed by atoms with van der Waals surface area (Å²) in [7, 11) is 0. The van der Waals surface area contributed by atoms with Crippen molar-refractivity contribution in [1.29, 1.82) is 0 Å². The molecule has 0 saturated heterocycles. The largest absolute Gasteiger partial charge is 0.670 e. The number of benzene rings is 3. The van der Waals surface area contributed by atoms with Gasteiger partial charge in [0.2, 0.25) is 5.75 Å². The van der Waals surface area contributed by atoms with Crippen LogP contribution in [0.2, 0.25) is 0 Å². The maximum Gasteiger partial charge on any atom is 0.670 e. The molecule has 0 fully saturated rings. The van der Waals surface area contributed by atoms with Gasteiger partial charge in [-0.3, -0.25) is 0 Å². The third-order valence-corrected chi connectivity index (χ3v) is 7.17. The normalized spacial score (nSPS) is 17.5. The van der Waals surface area contributed by atoms with E-state index in [1.807, 2.05) is 66.9 Å². The van der Waals surface area contributed by atoms with Crippen LogP contribution < -0.4 is 14.0 Å². The summed E-state index contributed by atoms with van der Waals surface area (Å²) < 4.78 is 22.1. The first-order chi connectivity index (χ1) is 18.6. The number of ether oxygens (including phenoxy) is 3. The quantitative estimate of drug-likeness (QED) is 0.196. The summed E-state index contributed by atoms with van der Waals surface area (Å²) in [5, 5.41) is 1.05. The molecule has 0 amide bonds. The van der Waals surface area contributed by atoms with Crippen molar-refractivity contribution >= 4 is 16.7 Å². The third kappa shape index (κ3) is 3.70. The molecule has 0 bridgehead atoms. The Morgan fingerprint density at radius 3 is 2.45 bits per heavy atom. The molecule has 2 aromatic heterocycles. The van der Waals surface area contributed by atoms with Crippen molar-refractivity contribution < 1.29 is 18.8 Å². The highest BCUT2D eigenvalue weighted by Gasteiger charge is 2.59. The van der Waals surface area contributed by atoms with Crippen LogP contribution in [0.1, 0.15) is 29.1 Å². The molecule has 0 N–H and O–H groups in total. The summed E-state index contributed by atoms with van der Waals surface area (Å²) in [6, 6.07) is 32.7. The molecular weight excluding hydrogens is 472 g/mol. The molecule has 1 aliphatic carbocycles. The van der Waals surface area contributed by atoms with Gasteiger partial charge in [-0.15, -0.1) is 0 Å². The molecule has 1 aliphatic heterocycles. The predicted octanol–water partition coefficient (Wildman–Crippen LogP) is 6.85. The first-order valence-electron chi connectivity index (χ1n) is 12.9. The first kappa shape index (κ1) is 22.5. The summed E-state index contributed by atoms with van der Waals surface area (Å²) >= 11 is 0. The third-order valence-electron chi connectivity index (χ3n) is 7.17. The molecule has 7 rings (SSSR count). The Morgan fingerprint density at radius 2 is 1.61 bits per heavy atom. The Kier molecular flexibility index (Phi) is 5.18. The molecule has 38 heavy (non-hydrogen) atoms. The summed E-state index contributed by atoms with van der Waals surface area (Å²) in [5.41, 5.74) is 7.08. The van der Waals surface area contributed by atoms with Gasteiger partial charge in [0, 0.05) is 18.7 Å². The molecule has 5 heteroatoms. The van der Waals surface area contributed by atoms with Crippen LogP contribution in [0.25, 0.3) is 27.8 Å². The van der Waals surface area contributed by atoms with Gasteiger partial charge < -0.3 is 14.2 Å². The number of pyridine rings is 2. The Balaban J connectivity index is 1.34. The number of fused-ring (bicyclic) bond motifs is 1. The van der Waals surface area contributed by atoms with Crippen molar-refractivity contribution in [2.75, 3.05) is 0 Å². The second-order valence-electron chi connectivity index (χ2n) is 9.79. The number of aromatic nitrogens is 2. The van der Waals surface area contributed by atoms with Crippen LogP contribution in [-0.4, -0.2) is 4.98 Å². The highest BCUT2D eigenvalue weighted by atomic mass is 16.9. The van der Waals surface area contributed by atoms with Crippen molar-refractivity contribution in [2.45, 2.75) is 32.8 Å². The minimum Gasteiger partial charge on any atom is -0.363 e. The fourth-order valence-electron chi connectivity index (χ4n) is 5.33. The molecule has 186 valence electrons. The van der Waals surface area contributed by atoms with Crippen molar-refractivity contribution in [1.82, 2.24) is 4.98 Å². The van der Waals surface area contributed by atoms with E-state index in [1.165, 1.54) is 0 Å². The highest BCUT2D eigenvalue weighted by Crippen LogP contribution is 2.40. The minimum absolute atomic E-state index is 0.634. The average Bonchev–Trinajstić information content (AvgIpc) is 3.27. The van der Waals surface area contributed by atoms with E-state index in [0.717, 1.165) is 57.5 Å². The van der Waals surface area contributed by atoms with E-state index in [1.54, 1.807) is 0 Å². The van der Waals surface area contributed by atoms with Gasteiger partial charge in [-0.2, -0.15) is 0 Å². The monoisotopic (exact) mass is 499 g/mol. The predicted molar refractivity (Wildman–Crippen MR) is 146 cm³/mol. The van der Waals surface area contributed by atoms with Crippen LogP contribution in [0.15, 0.2) is 103 Å². The minimum atomic E-state index is -1.58. The van der Waals surface area contributed by atoms with E-state index in [0.29, 0.717) is 17.3 Å². The number of allylic oxidation sites excluding steroid dienone is 1. The second-order valence-corrected chi connectivity index (χ2v) is 9.79. The zero-order valence-corrected chi connectivity index (χ0v) is 21.3. The van der Waals surface area contributed by atoms with E-state index < -0.39 is 6.10 Å². The Bertz CT molecular complexity index is 1710. The standard InChI is InChI=1S/C33H27N2O3/c1-22-14-16-26-10-6-12-29(31(26)34-22)37-33(35-23(2)15-17-27-11-7-13-30(38-33)32(27)35)36-28-20-18-25(19-21-28)24-8-4-3-5-9-24/h3-5,7-9,11-21H,6,10H2,1-2H3/q+1/t33-/m0/s1. The van der Waals surface area contributed by atoms with Gasteiger partial charge in [0.25, 0.3) is 5.52 Å². The van der Waals surface area contributed by atoms with Gasteiger partial charge in [0.05, 0.1) is 5.39 Å². The molecule has 1 atom stereocenters. The molecule has 0 saturated carbocycles. The number of hydrogen-bond donors (Lipinski definition) is 0. The van der Waals surface area contributed by atoms with E-state index in [9.17, 15) is 0 Å². The molecule has 3 heterocycles. The smallest absolute Gasteiger partial charge is 0.363 e.